The Hall–Kier alpha value is -1.75. The molecule has 0 unspecified atom stereocenters. The van der Waals surface area contributed by atoms with Crippen molar-refractivity contribution in [3.05, 3.63) is 29.3 Å². The smallest absolute Gasteiger partial charge is 0.410 e. The lowest BCUT2D eigenvalue weighted by molar-refractivity contribution is 0.0300. The first-order valence-corrected chi connectivity index (χ1v) is 8.36. The first kappa shape index (κ1) is 17.6. The van der Waals surface area contributed by atoms with Gasteiger partial charge in [0.1, 0.15) is 5.60 Å². The molecular formula is C18H29N3O2. The van der Waals surface area contributed by atoms with E-state index in [1.54, 1.807) is 11.9 Å². The molecule has 1 aromatic carbocycles. The molecule has 2 N–H and O–H groups in total. The number of fused-ring (bicyclic) bond motifs is 1. The third-order valence-electron chi connectivity index (χ3n) is 3.81. The van der Waals surface area contributed by atoms with Gasteiger partial charge in [0.15, 0.2) is 0 Å². The minimum Gasteiger partial charge on any atom is -0.444 e. The number of nitrogens with one attached hydrogen (secondary N) is 2. The summed E-state index contributed by atoms with van der Waals surface area (Å²) in [4.78, 5) is 13.5. The highest BCUT2D eigenvalue weighted by molar-refractivity contribution is 5.67. The van der Waals surface area contributed by atoms with Crippen molar-refractivity contribution >= 4 is 11.8 Å². The Balaban J connectivity index is 1.77. The van der Waals surface area contributed by atoms with E-state index in [0.717, 1.165) is 26.1 Å². The highest BCUT2D eigenvalue weighted by Crippen LogP contribution is 2.25. The fourth-order valence-electron chi connectivity index (χ4n) is 2.63. The molecular weight excluding hydrogens is 290 g/mol. The molecule has 23 heavy (non-hydrogen) atoms. The topological polar surface area (TPSA) is 53.6 Å². The van der Waals surface area contributed by atoms with E-state index < -0.39 is 5.60 Å². The van der Waals surface area contributed by atoms with E-state index in [2.05, 4.69) is 28.8 Å². The third kappa shape index (κ3) is 5.43. The molecule has 0 aromatic heterocycles. The summed E-state index contributed by atoms with van der Waals surface area (Å²) in [6.07, 6.45) is 2.07. The molecule has 0 saturated heterocycles. The van der Waals surface area contributed by atoms with Gasteiger partial charge in [-0.2, -0.15) is 0 Å². The predicted octanol–water partition coefficient (Wildman–Crippen LogP) is 3.00. The molecule has 0 aliphatic carbocycles. The van der Waals surface area contributed by atoms with Gasteiger partial charge in [-0.1, -0.05) is 18.2 Å². The molecule has 5 nitrogen and oxygen atoms in total. The largest absolute Gasteiger partial charge is 0.444 e. The van der Waals surface area contributed by atoms with Crippen molar-refractivity contribution in [2.75, 3.05) is 32.0 Å². The van der Waals surface area contributed by atoms with Crippen molar-refractivity contribution in [3.63, 3.8) is 0 Å². The Labute approximate surface area is 139 Å². The van der Waals surface area contributed by atoms with E-state index in [9.17, 15) is 4.79 Å². The number of aryl methyl sites for hydroxylation is 1. The zero-order valence-electron chi connectivity index (χ0n) is 14.7. The van der Waals surface area contributed by atoms with Gasteiger partial charge in [0, 0.05) is 38.9 Å². The zero-order valence-corrected chi connectivity index (χ0v) is 14.7. The highest BCUT2D eigenvalue weighted by atomic mass is 16.6. The molecule has 0 fully saturated rings. The molecule has 2 rings (SSSR count). The molecule has 0 atom stereocenters. The average Bonchev–Trinajstić information content (AvgIpc) is 2.49. The van der Waals surface area contributed by atoms with Crippen LogP contribution in [0.15, 0.2) is 18.2 Å². The SMILES string of the molecule is CN(CCNCc1cccc2c1NCCC2)C(=O)OC(C)(C)C. The van der Waals surface area contributed by atoms with Gasteiger partial charge in [0.05, 0.1) is 0 Å². The molecule has 1 aliphatic heterocycles. The molecule has 128 valence electrons. The number of para-hydroxylation sites is 1. The summed E-state index contributed by atoms with van der Waals surface area (Å²) in [5.74, 6) is 0. The van der Waals surface area contributed by atoms with E-state index in [1.165, 1.54) is 23.2 Å². The molecule has 1 aromatic rings. The molecule has 5 heteroatoms. The number of amides is 1. The Morgan fingerprint density at radius 3 is 2.91 bits per heavy atom. The van der Waals surface area contributed by atoms with E-state index in [0.29, 0.717) is 6.54 Å². The third-order valence-corrected chi connectivity index (χ3v) is 3.81. The molecule has 0 spiro atoms. The lowest BCUT2D eigenvalue weighted by atomic mass is 9.99. The maximum absolute atomic E-state index is 11.9. The highest BCUT2D eigenvalue weighted by Gasteiger charge is 2.19. The van der Waals surface area contributed by atoms with Gasteiger partial charge in [0.25, 0.3) is 0 Å². The van der Waals surface area contributed by atoms with Crippen molar-refractivity contribution in [2.24, 2.45) is 0 Å². The number of benzene rings is 1. The van der Waals surface area contributed by atoms with Crippen LogP contribution in [0, 0.1) is 0 Å². The number of anilines is 1. The number of nitrogens with zero attached hydrogens (tertiary/aromatic N) is 1. The lowest BCUT2D eigenvalue weighted by Crippen LogP contribution is -2.37. The number of hydrogen-bond donors (Lipinski definition) is 2. The first-order valence-electron chi connectivity index (χ1n) is 8.36. The van der Waals surface area contributed by atoms with Gasteiger partial charge in [-0.15, -0.1) is 0 Å². The maximum Gasteiger partial charge on any atom is 0.410 e. The van der Waals surface area contributed by atoms with Gasteiger partial charge in [-0.25, -0.2) is 4.79 Å². The molecule has 0 radical (unpaired) electrons. The van der Waals surface area contributed by atoms with Gasteiger partial charge in [-0.05, 0) is 44.7 Å². The number of rotatable bonds is 5. The second-order valence-electron chi connectivity index (χ2n) is 7.06. The summed E-state index contributed by atoms with van der Waals surface area (Å²) in [6.45, 7) is 8.84. The van der Waals surface area contributed by atoms with Crippen LogP contribution in [-0.2, 0) is 17.7 Å². The Bertz CT molecular complexity index is 538. The lowest BCUT2D eigenvalue weighted by Gasteiger charge is -2.25. The predicted molar refractivity (Wildman–Crippen MR) is 93.8 cm³/mol. The standard InChI is InChI=1S/C18H29N3O2/c1-18(2,3)23-17(22)21(4)12-11-19-13-15-8-5-7-14-9-6-10-20-16(14)15/h5,7-8,19-20H,6,9-13H2,1-4H3. The van der Waals surface area contributed by atoms with E-state index >= 15 is 0 Å². The number of carbonyl (C=O) groups excluding carboxylic acids is 1. The van der Waals surface area contributed by atoms with Crippen molar-refractivity contribution in [2.45, 2.75) is 45.8 Å². The minimum atomic E-state index is -0.451. The normalized spacial score (nSPS) is 13.9. The Kier molecular flexibility index (Phi) is 5.88. The summed E-state index contributed by atoms with van der Waals surface area (Å²) >= 11 is 0. The van der Waals surface area contributed by atoms with Crippen LogP contribution < -0.4 is 10.6 Å². The van der Waals surface area contributed by atoms with Crippen LogP contribution in [0.4, 0.5) is 10.5 Å². The summed E-state index contributed by atoms with van der Waals surface area (Å²) < 4.78 is 5.34. The molecule has 1 aliphatic rings. The van der Waals surface area contributed by atoms with Gasteiger partial charge in [0.2, 0.25) is 0 Å². The molecule has 1 heterocycles. The van der Waals surface area contributed by atoms with Crippen LogP contribution in [-0.4, -0.2) is 43.3 Å². The van der Waals surface area contributed by atoms with Crippen LogP contribution >= 0.6 is 0 Å². The fraction of sp³-hybridized carbons (Fsp3) is 0.611. The van der Waals surface area contributed by atoms with Crippen molar-refractivity contribution in [1.29, 1.82) is 0 Å². The van der Waals surface area contributed by atoms with Crippen LogP contribution in [0.5, 0.6) is 0 Å². The molecule has 0 saturated carbocycles. The summed E-state index contributed by atoms with van der Waals surface area (Å²) in [5, 5.41) is 6.91. The van der Waals surface area contributed by atoms with Crippen molar-refractivity contribution < 1.29 is 9.53 Å². The minimum absolute atomic E-state index is 0.280. The second kappa shape index (κ2) is 7.68. The Morgan fingerprint density at radius 1 is 1.39 bits per heavy atom. The van der Waals surface area contributed by atoms with Crippen LogP contribution in [0.2, 0.25) is 0 Å². The van der Waals surface area contributed by atoms with Crippen LogP contribution in [0.3, 0.4) is 0 Å². The van der Waals surface area contributed by atoms with E-state index in [4.69, 9.17) is 4.74 Å². The summed E-state index contributed by atoms with van der Waals surface area (Å²) in [6, 6.07) is 6.47. The quantitative estimate of drug-likeness (QED) is 0.819. The second-order valence-corrected chi connectivity index (χ2v) is 7.06. The van der Waals surface area contributed by atoms with Crippen molar-refractivity contribution in [1.82, 2.24) is 10.2 Å². The number of hydrogen-bond acceptors (Lipinski definition) is 4. The van der Waals surface area contributed by atoms with Crippen molar-refractivity contribution in [3.8, 4) is 0 Å². The molecule has 1 amide bonds. The van der Waals surface area contributed by atoms with Crippen LogP contribution in [0.25, 0.3) is 0 Å². The van der Waals surface area contributed by atoms with Gasteiger partial charge in [-0.3, -0.25) is 0 Å². The Morgan fingerprint density at radius 2 is 2.17 bits per heavy atom. The van der Waals surface area contributed by atoms with Gasteiger partial charge >= 0.3 is 6.09 Å². The monoisotopic (exact) mass is 319 g/mol. The first-order chi connectivity index (χ1) is 10.9. The van der Waals surface area contributed by atoms with Gasteiger partial charge < -0.3 is 20.3 Å². The number of likely N-dealkylation sites (N-methyl/N-ethyl adjacent to an activating group) is 1. The van der Waals surface area contributed by atoms with Crippen LogP contribution in [0.1, 0.15) is 38.3 Å². The number of ether oxygens (including phenoxy) is 1. The maximum atomic E-state index is 11.9. The van der Waals surface area contributed by atoms with E-state index in [1.807, 2.05) is 20.8 Å². The zero-order chi connectivity index (χ0) is 16.9. The summed E-state index contributed by atoms with van der Waals surface area (Å²) in [7, 11) is 1.77. The molecule has 0 bridgehead atoms. The fourth-order valence-corrected chi connectivity index (χ4v) is 2.63. The summed E-state index contributed by atoms with van der Waals surface area (Å²) in [5.41, 5.74) is 3.53. The van der Waals surface area contributed by atoms with E-state index in [-0.39, 0.29) is 6.09 Å². The average molecular weight is 319 g/mol. The number of carbonyl (C=O) groups is 1.